The predicted octanol–water partition coefficient (Wildman–Crippen LogP) is 5.38. The number of nitrogens with zero attached hydrogens (tertiary/aromatic N) is 2. The number of hydrogen-bond acceptors (Lipinski definition) is 2. The van der Waals surface area contributed by atoms with Gasteiger partial charge in [0.15, 0.2) is 5.96 Å². The fourth-order valence-electron chi connectivity index (χ4n) is 4.06. The van der Waals surface area contributed by atoms with Crippen LogP contribution in [0.25, 0.3) is 33.7 Å². The van der Waals surface area contributed by atoms with Gasteiger partial charge in [0, 0.05) is 16.2 Å². The molecule has 0 saturated carbocycles. The van der Waals surface area contributed by atoms with Gasteiger partial charge in [-0.2, -0.15) is 5.26 Å². The van der Waals surface area contributed by atoms with Crippen LogP contribution in [0.4, 0.5) is 11.4 Å². The van der Waals surface area contributed by atoms with Crippen molar-refractivity contribution < 1.29 is 0 Å². The summed E-state index contributed by atoms with van der Waals surface area (Å²) < 4.78 is 0. The summed E-state index contributed by atoms with van der Waals surface area (Å²) in [6.07, 6.45) is 4.22. The summed E-state index contributed by atoms with van der Waals surface area (Å²) in [5.41, 5.74) is 10.7. The molecule has 0 bridgehead atoms. The van der Waals surface area contributed by atoms with Crippen molar-refractivity contribution in [1.82, 2.24) is 0 Å². The minimum Gasteiger partial charge on any atom is -0.369 e. The highest BCUT2D eigenvalue weighted by Crippen LogP contribution is 2.41. The molecule has 0 fully saturated rings. The molecule has 0 atom stereocenters. The fraction of sp³-hybridized carbons (Fsp3) is 0. The topological polar surface area (TPSA) is 76.9 Å². The first-order valence-electron chi connectivity index (χ1n) is 8.99. The molecule has 4 aromatic carbocycles. The molecule has 5 rings (SSSR count). The van der Waals surface area contributed by atoms with E-state index in [1.54, 1.807) is 11.0 Å². The fourth-order valence-corrected chi connectivity index (χ4v) is 4.06. The third-order valence-corrected chi connectivity index (χ3v) is 5.27. The van der Waals surface area contributed by atoms with E-state index in [-0.39, 0.29) is 5.96 Å². The Morgan fingerprint density at radius 1 is 0.786 bits per heavy atom. The van der Waals surface area contributed by atoms with Gasteiger partial charge in [0.1, 0.15) is 0 Å². The van der Waals surface area contributed by atoms with Crippen molar-refractivity contribution in [2.45, 2.75) is 0 Å². The monoisotopic (exact) mass is 360 g/mol. The number of nitriles is 1. The first-order chi connectivity index (χ1) is 13.7. The van der Waals surface area contributed by atoms with E-state index < -0.39 is 0 Å². The van der Waals surface area contributed by atoms with Crippen molar-refractivity contribution in [2.75, 3.05) is 4.90 Å². The van der Waals surface area contributed by atoms with Crippen molar-refractivity contribution in [3.63, 3.8) is 0 Å². The number of guanidine groups is 1. The number of anilines is 2. The average molecular weight is 360 g/mol. The smallest absolute Gasteiger partial charge is 0.197 e. The standard InChI is InChI=1S/C24H16N4/c25-14-17-11-13-21(19-6-2-1-5-18(17)19)28(24(26)27)22-12-10-16-9-8-15-4-3-7-20(22)23(15)16/h1-13H,(H3,26,27). The van der Waals surface area contributed by atoms with Crippen LogP contribution in [-0.2, 0) is 0 Å². The predicted molar refractivity (Wildman–Crippen MR) is 116 cm³/mol. The molecule has 0 radical (unpaired) electrons. The van der Waals surface area contributed by atoms with Crippen LogP contribution >= 0.6 is 0 Å². The number of rotatable bonds is 2. The number of nitrogens with one attached hydrogen (secondary N) is 1. The molecule has 132 valence electrons. The van der Waals surface area contributed by atoms with Gasteiger partial charge < -0.3 is 5.73 Å². The Labute approximate surface area is 162 Å². The van der Waals surface area contributed by atoms with Crippen LogP contribution in [0.3, 0.4) is 0 Å². The Balaban J connectivity index is 1.83. The molecule has 0 amide bonds. The summed E-state index contributed by atoms with van der Waals surface area (Å²) in [5.74, 6) is -0.0680. The van der Waals surface area contributed by atoms with Crippen LogP contribution in [0.5, 0.6) is 0 Å². The Bertz CT molecular complexity index is 1350. The Morgan fingerprint density at radius 2 is 1.43 bits per heavy atom. The molecule has 4 heteroatoms. The van der Waals surface area contributed by atoms with Gasteiger partial charge in [-0.25, -0.2) is 0 Å². The third kappa shape index (κ3) is 2.20. The van der Waals surface area contributed by atoms with Crippen molar-refractivity contribution in [2.24, 2.45) is 5.73 Å². The van der Waals surface area contributed by atoms with Crippen LogP contribution < -0.4 is 10.6 Å². The molecule has 0 saturated heterocycles. The van der Waals surface area contributed by atoms with E-state index in [0.29, 0.717) is 5.56 Å². The Hall–Kier alpha value is -4.10. The van der Waals surface area contributed by atoms with Gasteiger partial charge in [-0.15, -0.1) is 0 Å². The van der Waals surface area contributed by atoms with Crippen LogP contribution in [0.2, 0.25) is 0 Å². The van der Waals surface area contributed by atoms with Gasteiger partial charge in [0.2, 0.25) is 0 Å². The molecule has 0 unspecified atom stereocenters. The molecule has 4 aromatic rings. The van der Waals surface area contributed by atoms with E-state index >= 15 is 0 Å². The molecule has 3 N–H and O–H groups in total. The van der Waals surface area contributed by atoms with Gasteiger partial charge in [-0.3, -0.25) is 10.3 Å². The first kappa shape index (κ1) is 16.1. The average Bonchev–Trinajstić information content (AvgIpc) is 3.14. The first-order valence-corrected chi connectivity index (χ1v) is 8.99. The zero-order chi connectivity index (χ0) is 19.3. The molecule has 1 aliphatic rings. The lowest BCUT2D eigenvalue weighted by atomic mass is 9.99. The number of hydrogen-bond donors (Lipinski definition) is 2. The van der Waals surface area contributed by atoms with E-state index in [1.165, 1.54) is 16.5 Å². The lowest BCUT2D eigenvalue weighted by molar-refractivity contribution is 1.27. The van der Waals surface area contributed by atoms with Crippen LogP contribution in [-0.4, -0.2) is 5.96 Å². The quantitative estimate of drug-likeness (QED) is 0.328. The molecule has 0 aromatic heterocycles. The molecule has 28 heavy (non-hydrogen) atoms. The lowest BCUT2D eigenvalue weighted by Gasteiger charge is -2.26. The summed E-state index contributed by atoms with van der Waals surface area (Å²) in [5, 5.41) is 21.7. The SMILES string of the molecule is N#Cc1ccc(N(C(=N)N)c2ccc3c4c(cccc24)C=C3)c2ccccc12. The second-order valence-corrected chi connectivity index (χ2v) is 6.79. The highest BCUT2D eigenvalue weighted by Gasteiger charge is 2.21. The Kier molecular flexibility index (Phi) is 3.43. The summed E-state index contributed by atoms with van der Waals surface area (Å²) in [6, 6.07) is 23.9. The lowest BCUT2D eigenvalue weighted by Crippen LogP contribution is -2.32. The van der Waals surface area contributed by atoms with Gasteiger partial charge in [-0.1, -0.05) is 60.7 Å². The van der Waals surface area contributed by atoms with Crippen molar-refractivity contribution in [3.05, 3.63) is 83.4 Å². The molecule has 0 spiro atoms. The van der Waals surface area contributed by atoms with Gasteiger partial charge >= 0.3 is 0 Å². The zero-order valence-electron chi connectivity index (χ0n) is 15.0. The normalized spacial score (nSPS) is 11.7. The van der Waals surface area contributed by atoms with Crippen LogP contribution in [0.1, 0.15) is 16.7 Å². The van der Waals surface area contributed by atoms with E-state index in [9.17, 15) is 5.26 Å². The van der Waals surface area contributed by atoms with Crippen molar-refractivity contribution in [3.8, 4) is 6.07 Å². The van der Waals surface area contributed by atoms with Gasteiger partial charge in [-0.05, 0) is 34.7 Å². The number of benzene rings is 4. The second-order valence-electron chi connectivity index (χ2n) is 6.79. The molecule has 1 aliphatic carbocycles. The Morgan fingerprint density at radius 3 is 2.18 bits per heavy atom. The highest BCUT2D eigenvalue weighted by molar-refractivity contribution is 6.16. The van der Waals surface area contributed by atoms with Crippen LogP contribution in [0, 0.1) is 16.7 Å². The maximum Gasteiger partial charge on any atom is 0.197 e. The van der Waals surface area contributed by atoms with Crippen molar-refractivity contribution >= 4 is 51.0 Å². The summed E-state index contributed by atoms with van der Waals surface area (Å²) >= 11 is 0. The van der Waals surface area contributed by atoms with E-state index in [4.69, 9.17) is 11.1 Å². The summed E-state index contributed by atoms with van der Waals surface area (Å²) in [4.78, 5) is 1.75. The van der Waals surface area contributed by atoms with E-state index in [2.05, 4.69) is 36.4 Å². The molecule has 0 heterocycles. The third-order valence-electron chi connectivity index (χ3n) is 5.27. The van der Waals surface area contributed by atoms with Gasteiger partial charge in [0.25, 0.3) is 0 Å². The molecular formula is C24H16N4. The van der Waals surface area contributed by atoms with E-state index in [1.807, 2.05) is 42.5 Å². The summed E-state index contributed by atoms with van der Waals surface area (Å²) in [7, 11) is 0. The maximum absolute atomic E-state index is 9.46. The van der Waals surface area contributed by atoms with Crippen LogP contribution in [0.15, 0.2) is 66.7 Å². The molecule has 0 aliphatic heterocycles. The largest absolute Gasteiger partial charge is 0.369 e. The van der Waals surface area contributed by atoms with E-state index in [0.717, 1.165) is 27.5 Å². The molecule has 4 nitrogen and oxygen atoms in total. The maximum atomic E-state index is 9.46. The molecular weight excluding hydrogens is 344 g/mol. The van der Waals surface area contributed by atoms with Crippen molar-refractivity contribution in [1.29, 1.82) is 10.7 Å². The summed E-state index contributed by atoms with van der Waals surface area (Å²) in [6.45, 7) is 0. The second kappa shape index (κ2) is 5.97. The number of nitrogens with two attached hydrogens (primary N) is 1. The minimum absolute atomic E-state index is 0.0680. The zero-order valence-corrected chi connectivity index (χ0v) is 15.0. The number of fused-ring (bicyclic) bond motifs is 1. The highest BCUT2D eigenvalue weighted by atomic mass is 15.2. The van der Waals surface area contributed by atoms with Gasteiger partial charge in [0.05, 0.1) is 23.0 Å². The minimum atomic E-state index is -0.0680.